The van der Waals surface area contributed by atoms with Gasteiger partial charge in [0.15, 0.2) is 5.75 Å². The van der Waals surface area contributed by atoms with Gasteiger partial charge in [-0.15, -0.1) is 0 Å². The van der Waals surface area contributed by atoms with Gasteiger partial charge < -0.3 is 14.9 Å². The fraction of sp³-hybridized carbons (Fsp3) is 0.143. The summed E-state index contributed by atoms with van der Waals surface area (Å²) in [5, 5.41) is 10.3. The van der Waals surface area contributed by atoms with Gasteiger partial charge in [0.05, 0.1) is 16.5 Å². The Bertz CT molecular complexity index is 1120. The molecule has 128 valence electrons. The molecule has 2 N–H and O–H groups in total. The van der Waals surface area contributed by atoms with Gasteiger partial charge in [0.2, 0.25) is 5.88 Å². The summed E-state index contributed by atoms with van der Waals surface area (Å²) >= 11 is 0. The third kappa shape index (κ3) is 2.35. The van der Waals surface area contributed by atoms with E-state index in [0.717, 1.165) is 5.56 Å². The molecule has 0 saturated heterocycles. The molecule has 0 spiro atoms. The lowest BCUT2D eigenvalue weighted by Crippen LogP contribution is -2.28. The molecule has 4 rings (SSSR count). The van der Waals surface area contributed by atoms with Crippen molar-refractivity contribution in [2.75, 3.05) is 0 Å². The maximum atomic E-state index is 12.8. The first kappa shape index (κ1) is 16.0. The number of allylic oxidation sites excluding steroid dienone is 1. The number of hydrogen-bond acceptors (Lipinski definition) is 5. The molecule has 1 aromatic heterocycles. The molecule has 0 radical (unpaired) electrons. The number of nitrogens with two attached hydrogens (primary N) is 1. The largest absolute Gasteiger partial charge is 0.439 e. The van der Waals surface area contributed by atoms with E-state index in [1.54, 1.807) is 12.1 Å². The van der Waals surface area contributed by atoms with E-state index < -0.39 is 11.5 Å². The van der Waals surface area contributed by atoms with Gasteiger partial charge in [-0.05, 0) is 23.6 Å². The summed E-state index contributed by atoms with van der Waals surface area (Å²) in [4.78, 5) is 12.8. The zero-order chi connectivity index (χ0) is 18.3. The normalized spacial score (nSPS) is 17.3. The van der Waals surface area contributed by atoms with Crippen LogP contribution in [-0.2, 0) is 0 Å². The Labute approximate surface area is 149 Å². The van der Waals surface area contributed by atoms with Crippen molar-refractivity contribution in [3.05, 3.63) is 87.6 Å². The van der Waals surface area contributed by atoms with Gasteiger partial charge in [0.1, 0.15) is 11.7 Å². The third-order valence-electron chi connectivity index (χ3n) is 4.84. The molecule has 0 amide bonds. The highest BCUT2D eigenvalue weighted by molar-refractivity contribution is 5.85. The third-order valence-corrected chi connectivity index (χ3v) is 4.84. The van der Waals surface area contributed by atoms with E-state index in [1.807, 2.05) is 49.4 Å². The van der Waals surface area contributed by atoms with Crippen molar-refractivity contribution in [2.24, 2.45) is 5.73 Å². The van der Waals surface area contributed by atoms with E-state index in [2.05, 4.69) is 6.07 Å². The van der Waals surface area contributed by atoms with Crippen LogP contribution in [0.25, 0.3) is 11.0 Å². The average Bonchev–Trinajstić information content (AvgIpc) is 2.67. The summed E-state index contributed by atoms with van der Waals surface area (Å²) < 4.78 is 11.2. The molecule has 2 heterocycles. The van der Waals surface area contributed by atoms with Crippen molar-refractivity contribution < 1.29 is 9.15 Å². The molecule has 0 fully saturated rings. The van der Waals surface area contributed by atoms with Crippen LogP contribution in [0.15, 0.2) is 75.3 Å². The molecule has 0 unspecified atom stereocenters. The molecule has 1 aliphatic heterocycles. The van der Waals surface area contributed by atoms with Crippen LogP contribution >= 0.6 is 0 Å². The van der Waals surface area contributed by atoms with Crippen LogP contribution in [0, 0.1) is 11.3 Å². The fourth-order valence-corrected chi connectivity index (χ4v) is 3.55. The summed E-state index contributed by atoms with van der Waals surface area (Å²) in [5.74, 6) is -0.284. The summed E-state index contributed by atoms with van der Waals surface area (Å²) in [7, 11) is 0. The first-order valence-electron chi connectivity index (χ1n) is 8.30. The van der Waals surface area contributed by atoms with E-state index in [9.17, 15) is 10.1 Å². The van der Waals surface area contributed by atoms with E-state index in [1.165, 1.54) is 0 Å². The van der Waals surface area contributed by atoms with Gasteiger partial charge in [-0.3, -0.25) is 0 Å². The minimum Gasteiger partial charge on any atom is -0.439 e. The van der Waals surface area contributed by atoms with Crippen LogP contribution in [0.3, 0.4) is 0 Å². The molecule has 5 heteroatoms. The van der Waals surface area contributed by atoms with Crippen LogP contribution in [0.2, 0.25) is 0 Å². The first-order valence-corrected chi connectivity index (χ1v) is 8.30. The lowest BCUT2D eigenvalue weighted by Gasteiger charge is -2.29. The molecule has 0 aliphatic carbocycles. The standard InChI is InChI=1S/C21H16N2O3/c1-12(13-7-3-2-4-8-13)17-15(11-22)20(23)26-19-14-9-5-6-10-16(14)25-21(24)18(17)19/h2-10,12,17H,23H2,1H3/t12-,17-/m1/s1. The summed E-state index contributed by atoms with van der Waals surface area (Å²) in [6.07, 6.45) is 0. The van der Waals surface area contributed by atoms with Crippen LogP contribution < -0.4 is 16.1 Å². The zero-order valence-electron chi connectivity index (χ0n) is 14.1. The highest BCUT2D eigenvalue weighted by Crippen LogP contribution is 2.46. The Hall–Kier alpha value is -3.52. The number of ether oxygens (including phenoxy) is 1. The summed E-state index contributed by atoms with van der Waals surface area (Å²) in [5.41, 5.74) is 7.56. The van der Waals surface area contributed by atoms with Crippen molar-refractivity contribution in [3.8, 4) is 11.8 Å². The maximum Gasteiger partial charge on any atom is 0.343 e. The molecule has 5 nitrogen and oxygen atoms in total. The highest BCUT2D eigenvalue weighted by Gasteiger charge is 2.38. The van der Waals surface area contributed by atoms with Crippen molar-refractivity contribution in [1.29, 1.82) is 5.26 Å². The number of hydrogen-bond donors (Lipinski definition) is 1. The van der Waals surface area contributed by atoms with Gasteiger partial charge >= 0.3 is 5.63 Å². The highest BCUT2D eigenvalue weighted by atomic mass is 16.5. The van der Waals surface area contributed by atoms with E-state index in [4.69, 9.17) is 14.9 Å². The predicted octanol–water partition coefficient (Wildman–Crippen LogP) is 3.77. The SMILES string of the molecule is C[C@H](c1ccccc1)[C@@H]1C(C#N)=C(N)Oc2c1c(=O)oc1ccccc21. The van der Waals surface area contributed by atoms with Crippen molar-refractivity contribution in [1.82, 2.24) is 0 Å². The lowest BCUT2D eigenvalue weighted by molar-refractivity contribution is 0.374. The van der Waals surface area contributed by atoms with Crippen molar-refractivity contribution in [2.45, 2.75) is 18.8 Å². The minimum absolute atomic E-state index is 0.0311. The van der Waals surface area contributed by atoms with E-state index >= 15 is 0 Å². The van der Waals surface area contributed by atoms with Crippen LogP contribution in [0.4, 0.5) is 0 Å². The Kier molecular flexibility index (Phi) is 3.74. The topological polar surface area (TPSA) is 89.3 Å². The smallest absolute Gasteiger partial charge is 0.343 e. The second-order valence-corrected chi connectivity index (χ2v) is 6.30. The number of nitriles is 1. The molecule has 3 aromatic rings. The molecule has 1 aliphatic rings. The van der Waals surface area contributed by atoms with Crippen molar-refractivity contribution in [3.63, 3.8) is 0 Å². The second kappa shape index (κ2) is 6.08. The number of nitrogens with zero attached hydrogens (tertiary/aromatic N) is 1. The monoisotopic (exact) mass is 344 g/mol. The fourth-order valence-electron chi connectivity index (χ4n) is 3.55. The molecule has 2 atom stereocenters. The van der Waals surface area contributed by atoms with Gasteiger partial charge in [0, 0.05) is 5.92 Å². The second-order valence-electron chi connectivity index (χ2n) is 6.30. The Morgan fingerprint density at radius 2 is 1.81 bits per heavy atom. The lowest BCUT2D eigenvalue weighted by atomic mass is 9.77. The summed E-state index contributed by atoms with van der Waals surface area (Å²) in [6.45, 7) is 1.97. The Morgan fingerprint density at radius 1 is 1.12 bits per heavy atom. The Balaban J connectivity index is 2.01. The van der Waals surface area contributed by atoms with Gasteiger partial charge in [-0.2, -0.15) is 5.26 Å². The number of fused-ring (bicyclic) bond motifs is 3. The van der Waals surface area contributed by atoms with E-state index in [-0.39, 0.29) is 17.4 Å². The number of benzene rings is 2. The van der Waals surface area contributed by atoms with E-state index in [0.29, 0.717) is 22.3 Å². The maximum absolute atomic E-state index is 12.8. The van der Waals surface area contributed by atoms with Crippen LogP contribution in [0.1, 0.15) is 29.9 Å². The van der Waals surface area contributed by atoms with Crippen LogP contribution in [0.5, 0.6) is 5.75 Å². The first-order chi connectivity index (χ1) is 12.6. The predicted molar refractivity (Wildman–Crippen MR) is 97.5 cm³/mol. The van der Waals surface area contributed by atoms with Crippen LogP contribution in [-0.4, -0.2) is 0 Å². The van der Waals surface area contributed by atoms with Gasteiger partial charge in [-0.1, -0.05) is 49.4 Å². The Morgan fingerprint density at radius 3 is 2.54 bits per heavy atom. The zero-order valence-corrected chi connectivity index (χ0v) is 14.1. The molecule has 2 aromatic carbocycles. The molecule has 0 saturated carbocycles. The number of para-hydroxylation sites is 1. The molecular weight excluding hydrogens is 328 g/mol. The molecule has 0 bridgehead atoms. The van der Waals surface area contributed by atoms with Gasteiger partial charge in [0.25, 0.3) is 0 Å². The number of rotatable bonds is 2. The van der Waals surface area contributed by atoms with Gasteiger partial charge in [-0.25, -0.2) is 4.79 Å². The quantitative estimate of drug-likeness (QED) is 0.715. The summed E-state index contributed by atoms with van der Waals surface area (Å²) in [6, 6.07) is 19.0. The van der Waals surface area contributed by atoms with Crippen molar-refractivity contribution >= 4 is 11.0 Å². The minimum atomic E-state index is -0.535. The molecule has 26 heavy (non-hydrogen) atoms. The molecular formula is C21H16N2O3. The average molecular weight is 344 g/mol.